The predicted octanol–water partition coefficient (Wildman–Crippen LogP) is 3.42. The van der Waals surface area contributed by atoms with E-state index in [0.29, 0.717) is 11.1 Å². The van der Waals surface area contributed by atoms with Crippen LogP contribution in [0.2, 0.25) is 0 Å². The molecule has 3 aromatic rings. The summed E-state index contributed by atoms with van der Waals surface area (Å²) in [5, 5.41) is 11.7. The summed E-state index contributed by atoms with van der Waals surface area (Å²) >= 11 is 0. The van der Waals surface area contributed by atoms with E-state index in [1.54, 1.807) is 19.2 Å². The number of nitrogens with zero attached hydrogens (tertiary/aromatic N) is 1. The fourth-order valence-corrected chi connectivity index (χ4v) is 2.53. The van der Waals surface area contributed by atoms with Crippen molar-refractivity contribution in [1.82, 2.24) is 4.98 Å². The minimum atomic E-state index is -0.781. The predicted molar refractivity (Wildman–Crippen MR) is 90.7 cm³/mol. The van der Waals surface area contributed by atoms with Gasteiger partial charge in [0.1, 0.15) is 0 Å². The van der Waals surface area contributed by atoms with Crippen molar-refractivity contribution in [2.24, 2.45) is 0 Å². The van der Waals surface area contributed by atoms with Crippen molar-refractivity contribution in [2.45, 2.75) is 6.92 Å². The van der Waals surface area contributed by atoms with Gasteiger partial charge in [0, 0.05) is 34.3 Å². The maximum absolute atomic E-state index is 12.3. The van der Waals surface area contributed by atoms with Crippen LogP contribution >= 0.6 is 0 Å². The van der Waals surface area contributed by atoms with Gasteiger partial charge in [-0.05, 0) is 19.1 Å². The Hall–Kier alpha value is -3.48. The van der Waals surface area contributed by atoms with Gasteiger partial charge >= 0.3 is 5.97 Å². The number of hydrogen-bond donors (Lipinski definition) is 1. The topological polar surface area (TPSA) is 102 Å². The summed E-state index contributed by atoms with van der Waals surface area (Å²) < 4.78 is 5.01. The number of ketones is 1. The van der Waals surface area contributed by atoms with Crippen LogP contribution in [0.25, 0.3) is 10.9 Å². The maximum atomic E-state index is 12.3. The number of nitrogens with one attached hydrogen (secondary N) is 1. The van der Waals surface area contributed by atoms with Gasteiger partial charge in [-0.25, -0.2) is 4.79 Å². The van der Waals surface area contributed by atoms with Crippen LogP contribution in [0.4, 0.5) is 5.69 Å². The molecule has 1 N–H and O–H groups in total. The number of aryl methyl sites for hydroxylation is 1. The number of carbonyl (C=O) groups excluding carboxylic acids is 2. The van der Waals surface area contributed by atoms with Gasteiger partial charge in [-0.2, -0.15) is 0 Å². The normalized spacial score (nSPS) is 10.6. The van der Waals surface area contributed by atoms with Crippen LogP contribution in [0.15, 0.2) is 48.7 Å². The average molecular weight is 338 g/mol. The maximum Gasteiger partial charge on any atom is 0.338 e. The number of para-hydroxylation sites is 1. The lowest BCUT2D eigenvalue weighted by atomic mass is 10.1. The summed E-state index contributed by atoms with van der Waals surface area (Å²) in [5.41, 5.74) is 1.54. The first-order valence-corrected chi connectivity index (χ1v) is 7.49. The largest absolute Gasteiger partial charge is 0.454 e. The Morgan fingerprint density at radius 1 is 1.20 bits per heavy atom. The Bertz CT molecular complexity index is 990. The second-order valence-electron chi connectivity index (χ2n) is 5.51. The standard InChI is InChI=1S/C18H14N2O5/c1-11-6-7-12(8-16(11)20(23)24)18(22)25-10-17(21)14-9-19-15-5-3-2-4-13(14)15/h2-9,19H,10H2,1H3. The average Bonchev–Trinajstić information content (AvgIpc) is 3.03. The zero-order chi connectivity index (χ0) is 18.0. The van der Waals surface area contributed by atoms with Crippen molar-refractivity contribution in [2.75, 3.05) is 6.61 Å². The van der Waals surface area contributed by atoms with Crippen LogP contribution in [0, 0.1) is 17.0 Å². The second-order valence-corrected chi connectivity index (χ2v) is 5.51. The summed E-state index contributed by atoms with van der Waals surface area (Å²) in [6.07, 6.45) is 1.57. The van der Waals surface area contributed by atoms with E-state index in [-0.39, 0.29) is 17.0 Å². The molecule has 0 fully saturated rings. The Morgan fingerprint density at radius 3 is 2.72 bits per heavy atom. The molecule has 25 heavy (non-hydrogen) atoms. The zero-order valence-corrected chi connectivity index (χ0v) is 13.3. The molecule has 0 amide bonds. The Morgan fingerprint density at radius 2 is 1.96 bits per heavy atom. The number of carbonyl (C=O) groups is 2. The van der Waals surface area contributed by atoms with Crippen LogP contribution in [-0.4, -0.2) is 28.3 Å². The smallest absolute Gasteiger partial charge is 0.338 e. The van der Waals surface area contributed by atoms with Gasteiger partial charge in [0.2, 0.25) is 5.78 Å². The number of hydrogen-bond acceptors (Lipinski definition) is 5. The summed E-state index contributed by atoms with van der Waals surface area (Å²) in [4.78, 5) is 37.7. The van der Waals surface area contributed by atoms with E-state index in [0.717, 1.165) is 17.0 Å². The number of nitro groups is 1. The molecule has 0 saturated heterocycles. The van der Waals surface area contributed by atoms with E-state index in [1.807, 2.05) is 18.2 Å². The van der Waals surface area contributed by atoms with E-state index >= 15 is 0 Å². The fraction of sp³-hybridized carbons (Fsp3) is 0.111. The number of aromatic amines is 1. The minimum absolute atomic E-state index is 0.0315. The molecule has 0 radical (unpaired) electrons. The Kier molecular flexibility index (Phi) is 4.30. The van der Waals surface area contributed by atoms with Gasteiger partial charge in [0.25, 0.3) is 5.69 Å². The summed E-state index contributed by atoms with van der Waals surface area (Å²) in [6, 6.07) is 11.3. The number of ether oxygens (including phenoxy) is 1. The molecule has 0 spiro atoms. The number of esters is 1. The molecule has 0 aliphatic carbocycles. The lowest BCUT2D eigenvalue weighted by Crippen LogP contribution is -2.14. The van der Waals surface area contributed by atoms with E-state index in [9.17, 15) is 19.7 Å². The van der Waals surface area contributed by atoms with Crippen molar-refractivity contribution < 1.29 is 19.2 Å². The molecule has 7 nitrogen and oxygen atoms in total. The molecule has 1 heterocycles. The van der Waals surface area contributed by atoms with Crippen LogP contribution in [0.5, 0.6) is 0 Å². The van der Waals surface area contributed by atoms with Crippen LogP contribution < -0.4 is 0 Å². The number of Topliss-reactive ketones (excluding diaryl/α,β-unsaturated/α-hetero) is 1. The van der Waals surface area contributed by atoms with Crippen molar-refractivity contribution >= 4 is 28.3 Å². The molecule has 0 saturated carbocycles. The first-order valence-electron chi connectivity index (χ1n) is 7.49. The molecule has 7 heteroatoms. The van der Waals surface area contributed by atoms with Crippen molar-refractivity contribution in [3.8, 4) is 0 Å². The molecule has 0 unspecified atom stereocenters. The molecule has 3 rings (SSSR count). The summed E-state index contributed by atoms with van der Waals surface area (Å²) in [6.45, 7) is 1.14. The van der Waals surface area contributed by atoms with Gasteiger partial charge in [-0.15, -0.1) is 0 Å². The van der Waals surface area contributed by atoms with Gasteiger partial charge in [-0.3, -0.25) is 14.9 Å². The molecule has 126 valence electrons. The van der Waals surface area contributed by atoms with Gasteiger partial charge in [0.05, 0.1) is 10.5 Å². The molecular weight excluding hydrogens is 324 g/mol. The van der Waals surface area contributed by atoms with E-state index in [2.05, 4.69) is 4.98 Å². The number of aromatic nitrogens is 1. The van der Waals surface area contributed by atoms with Gasteiger partial charge in [-0.1, -0.05) is 24.3 Å². The third-order valence-corrected chi connectivity index (χ3v) is 3.87. The van der Waals surface area contributed by atoms with Crippen LogP contribution in [0.1, 0.15) is 26.3 Å². The van der Waals surface area contributed by atoms with E-state index < -0.39 is 17.5 Å². The highest BCUT2D eigenvalue weighted by molar-refractivity contribution is 6.09. The molecular formula is C18H14N2O5. The molecule has 0 aliphatic rings. The molecule has 0 atom stereocenters. The molecule has 0 aliphatic heterocycles. The minimum Gasteiger partial charge on any atom is -0.454 e. The lowest BCUT2D eigenvalue weighted by Gasteiger charge is -2.05. The molecule has 0 bridgehead atoms. The fourth-order valence-electron chi connectivity index (χ4n) is 2.53. The Labute approximate surface area is 142 Å². The Balaban J connectivity index is 1.73. The first kappa shape index (κ1) is 16.4. The van der Waals surface area contributed by atoms with Crippen LogP contribution in [0.3, 0.4) is 0 Å². The number of nitro benzene ring substituents is 1. The molecule has 1 aromatic heterocycles. The SMILES string of the molecule is Cc1ccc(C(=O)OCC(=O)c2c[nH]c3ccccc23)cc1[N+](=O)[O-]. The van der Waals surface area contributed by atoms with Gasteiger partial charge < -0.3 is 9.72 Å². The highest BCUT2D eigenvalue weighted by atomic mass is 16.6. The quantitative estimate of drug-likeness (QED) is 0.332. The third-order valence-electron chi connectivity index (χ3n) is 3.87. The number of fused-ring (bicyclic) bond motifs is 1. The van der Waals surface area contributed by atoms with Crippen molar-refractivity contribution in [3.05, 3.63) is 75.5 Å². The first-order chi connectivity index (χ1) is 12.0. The number of rotatable bonds is 5. The highest BCUT2D eigenvalue weighted by Gasteiger charge is 2.18. The highest BCUT2D eigenvalue weighted by Crippen LogP contribution is 2.21. The van der Waals surface area contributed by atoms with Crippen molar-refractivity contribution in [3.63, 3.8) is 0 Å². The summed E-state index contributed by atoms with van der Waals surface area (Å²) in [7, 11) is 0. The number of H-pyrrole nitrogens is 1. The van der Waals surface area contributed by atoms with E-state index in [4.69, 9.17) is 4.74 Å². The second kappa shape index (κ2) is 6.56. The molecule has 2 aromatic carbocycles. The third kappa shape index (κ3) is 3.25. The number of benzene rings is 2. The van der Waals surface area contributed by atoms with Gasteiger partial charge in [0.15, 0.2) is 6.61 Å². The summed E-state index contributed by atoms with van der Waals surface area (Å²) in [5.74, 6) is -1.14. The van der Waals surface area contributed by atoms with E-state index in [1.165, 1.54) is 12.1 Å². The van der Waals surface area contributed by atoms with Crippen LogP contribution in [-0.2, 0) is 4.74 Å². The lowest BCUT2D eigenvalue weighted by molar-refractivity contribution is -0.385. The van der Waals surface area contributed by atoms with Crippen molar-refractivity contribution in [1.29, 1.82) is 0 Å². The zero-order valence-electron chi connectivity index (χ0n) is 13.3. The monoisotopic (exact) mass is 338 g/mol.